The van der Waals surface area contributed by atoms with Crippen molar-refractivity contribution < 1.29 is 4.42 Å². The molecule has 3 rings (SSSR count). The topological polar surface area (TPSA) is 74.7 Å². The van der Waals surface area contributed by atoms with E-state index < -0.39 is 0 Å². The van der Waals surface area contributed by atoms with E-state index in [0.29, 0.717) is 35.3 Å². The van der Waals surface area contributed by atoms with Gasteiger partial charge in [0.15, 0.2) is 0 Å². The van der Waals surface area contributed by atoms with Crippen LogP contribution in [0, 0.1) is 16.7 Å². The highest BCUT2D eigenvalue weighted by atomic mass is 16.4. The number of hydrogen-bond donors (Lipinski definition) is 1. The minimum absolute atomic E-state index is 0.329. The zero-order valence-electron chi connectivity index (χ0n) is 13.0. The summed E-state index contributed by atoms with van der Waals surface area (Å²) in [7, 11) is 0. The van der Waals surface area contributed by atoms with Crippen molar-refractivity contribution in [2.75, 3.05) is 0 Å². The van der Waals surface area contributed by atoms with Crippen LogP contribution in [0.2, 0.25) is 0 Å². The first kappa shape index (κ1) is 14.7. The van der Waals surface area contributed by atoms with E-state index in [0.717, 1.165) is 5.56 Å². The van der Waals surface area contributed by atoms with Gasteiger partial charge >= 0.3 is 0 Å². The SMILES string of the molecule is CC1(C)CCC[C@H]1NCc1nnc(-c2ccc(C#N)cc2)o1. The molecule has 0 aliphatic heterocycles. The summed E-state index contributed by atoms with van der Waals surface area (Å²) in [4.78, 5) is 0. The first-order valence-corrected chi connectivity index (χ1v) is 7.65. The molecule has 1 aliphatic rings. The third kappa shape index (κ3) is 3.02. The van der Waals surface area contributed by atoms with Gasteiger partial charge in [-0.05, 0) is 42.5 Å². The summed E-state index contributed by atoms with van der Waals surface area (Å²) < 4.78 is 5.70. The van der Waals surface area contributed by atoms with Crippen LogP contribution >= 0.6 is 0 Å². The van der Waals surface area contributed by atoms with Crippen molar-refractivity contribution in [3.8, 4) is 17.5 Å². The fraction of sp³-hybridized carbons (Fsp3) is 0.471. The summed E-state index contributed by atoms with van der Waals surface area (Å²) in [6.45, 7) is 5.19. The van der Waals surface area contributed by atoms with Crippen LogP contribution in [0.5, 0.6) is 0 Å². The van der Waals surface area contributed by atoms with Gasteiger partial charge in [-0.25, -0.2) is 0 Å². The van der Waals surface area contributed by atoms with Gasteiger partial charge in [0.2, 0.25) is 11.8 Å². The molecule has 22 heavy (non-hydrogen) atoms. The third-order valence-corrected chi connectivity index (χ3v) is 4.48. The van der Waals surface area contributed by atoms with E-state index in [2.05, 4.69) is 35.4 Å². The molecule has 1 heterocycles. The molecule has 1 aromatic heterocycles. The van der Waals surface area contributed by atoms with Gasteiger partial charge in [-0.1, -0.05) is 20.3 Å². The van der Waals surface area contributed by atoms with Crippen molar-refractivity contribution in [2.24, 2.45) is 5.41 Å². The Hall–Kier alpha value is -2.19. The molecule has 1 atom stereocenters. The first-order chi connectivity index (χ1) is 10.6. The van der Waals surface area contributed by atoms with Gasteiger partial charge in [0.1, 0.15) is 0 Å². The second-order valence-corrected chi connectivity index (χ2v) is 6.50. The predicted octanol–water partition coefficient (Wildman–Crippen LogP) is 3.28. The predicted molar refractivity (Wildman–Crippen MR) is 82.7 cm³/mol. The van der Waals surface area contributed by atoms with Crippen molar-refractivity contribution in [3.63, 3.8) is 0 Å². The van der Waals surface area contributed by atoms with E-state index in [1.165, 1.54) is 19.3 Å². The zero-order valence-corrected chi connectivity index (χ0v) is 13.0. The van der Waals surface area contributed by atoms with Gasteiger partial charge < -0.3 is 9.73 Å². The Labute approximate surface area is 130 Å². The Balaban J connectivity index is 1.65. The first-order valence-electron chi connectivity index (χ1n) is 7.65. The molecular formula is C17H20N4O. The minimum Gasteiger partial charge on any atom is -0.419 e. The van der Waals surface area contributed by atoms with Gasteiger partial charge in [-0.3, -0.25) is 0 Å². The molecule has 114 valence electrons. The summed E-state index contributed by atoms with van der Waals surface area (Å²) >= 11 is 0. The third-order valence-electron chi connectivity index (χ3n) is 4.48. The average Bonchev–Trinajstić information content (AvgIpc) is 3.11. The van der Waals surface area contributed by atoms with Crippen molar-refractivity contribution in [1.82, 2.24) is 15.5 Å². The highest BCUT2D eigenvalue weighted by Crippen LogP contribution is 2.37. The molecule has 0 amide bonds. The van der Waals surface area contributed by atoms with Crippen molar-refractivity contribution in [3.05, 3.63) is 35.7 Å². The maximum absolute atomic E-state index is 8.81. The Kier molecular flexibility index (Phi) is 3.95. The number of aromatic nitrogens is 2. The van der Waals surface area contributed by atoms with E-state index in [4.69, 9.17) is 9.68 Å². The van der Waals surface area contributed by atoms with Gasteiger partial charge in [0, 0.05) is 11.6 Å². The number of hydrogen-bond acceptors (Lipinski definition) is 5. The zero-order chi connectivity index (χ0) is 15.6. The molecule has 2 aromatic rings. The molecule has 5 nitrogen and oxygen atoms in total. The van der Waals surface area contributed by atoms with Crippen LogP contribution in [0.1, 0.15) is 44.6 Å². The maximum Gasteiger partial charge on any atom is 0.247 e. The van der Waals surface area contributed by atoms with Gasteiger partial charge in [-0.15, -0.1) is 10.2 Å². The standard InChI is InChI=1S/C17H20N4O/c1-17(2)9-3-4-14(17)19-11-15-20-21-16(22-15)13-7-5-12(10-18)6-8-13/h5-8,14,19H,3-4,9,11H2,1-2H3/t14-/m1/s1. The van der Waals surface area contributed by atoms with E-state index in [1.54, 1.807) is 12.1 Å². The lowest BCUT2D eigenvalue weighted by atomic mass is 9.87. The smallest absolute Gasteiger partial charge is 0.247 e. The largest absolute Gasteiger partial charge is 0.419 e. The number of nitriles is 1. The Morgan fingerprint density at radius 1 is 1.32 bits per heavy atom. The second-order valence-electron chi connectivity index (χ2n) is 6.50. The second kappa shape index (κ2) is 5.90. The molecule has 1 N–H and O–H groups in total. The Morgan fingerprint density at radius 2 is 2.09 bits per heavy atom. The van der Waals surface area contributed by atoms with Crippen molar-refractivity contribution in [1.29, 1.82) is 5.26 Å². The molecule has 1 aliphatic carbocycles. The monoisotopic (exact) mass is 296 g/mol. The molecule has 0 spiro atoms. The molecule has 0 radical (unpaired) electrons. The van der Waals surface area contributed by atoms with Gasteiger partial charge in [0.25, 0.3) is 0 Å². The molecular weight excluding hydrogens is 276 g/mol. The lowest BCUT2D eigenvalue weighted by Gasteiger charge is -2.27. The number of rotatable bonds is 4. The van der Waals surface area contributed by atoms with Gasteiger partial charge in [0.05, 0.1) is 18.2 Å². The van der Waals surface area contributed by atoms with E-state index >= 15 is 0 Å². The van der Waals surface area contributed by atoms with Crippen LogP contribution < -0.4 is 5.32 Å². The average molecular weight is 296 g/mol. The number of nitrogens with one attached hydrogen (secondary N) is 1. The molecule has 0 saturated heterocycles. The summed E-state index contributed by atoms with van der Waals surface area (Å²) in [6.07, 6.45) is 3.72. The van der Waals surface area contributed by atoms with E-state index in [-0.39, 0.29) is 0 Å². The van der Waals surface area contributed by atoms with Crippen LogP contribution in [-0.4, -0.2) is 16.2 Å². The lowest BCUT2D eigenvalue weighted by Crippen LogP contribution is -2.37. The summed E-state index contributed by atoms with van der Waals surface area (Å²) in [5.74, 6) is 1.09. The Bertz CT molecular complexity index is 681. The van der Waals surface area contributed by atoms with Crippen LogP contribution in [0.4, 0.5) is 0 Å². The Morgan fingerprint density at radius 3 is 2.73 bits per heavy atom. The van der Waals surface area contributed by atoms with Crippen LogP contribution in [0.25, 0.3) is 11.5 Å². The van der Waals surface area contributed by atoms with Crippen molar-refractivity contribution in [2.45, 2.75) is 45.7 Å². The van der Waals surface area contributed by atoms with Crippen LogP contribution in [0.3, 0.4) is 0 Å². The fourth-order valence-electron chi connectivity index (χ4n) is 3.04. The van der Waals surface area contributed by atoms with Gasteiger partial charge in [-0.2, -0.15) is 5.26 Å². The maximum atomic E-state index is 8.81. The molecule has 5 heteroatoms. The molecule has 1 saturated carbocycles. The molecule has 0 unspecified atom stereocenters. The molecule has 0 bridgehead atoms. The molecule has 1 aromatic carbocycles. The number of nitrogens with zero attached hydrogens (tertiary/aromatic N) is 3. The van der Waals surface area contributed by atoms with E-state index in [9.17, 15) is 0 Å². The highest BCUT2D eigenvalue weighted by Gasteiger charge is 2.34. The number of benzene rings is 1. The lowest BCUT2D eigenvalue weighted by molar-refractivity contribution is 0.275. The van der Waals surface area contributed by atoms with Crippen molar-refractivity contribution >= 4 is 0 Å². The van der Waals surface area contributed by atoms with Crippen LogP contribution in [0.15, 0.2) is 28.7 Å². The normalized spacial score (nSPS) is 20.0. The molecule has 1 fully saturated rings. The highest BCUT2D eigenvalue weighted by molar-refractivity contribution is 5.54. The minimum atomic E-state index is 0.329. The van der Waals surface area contributed by atoms with E-state index in [1.807, 2.05) is 12.1 Å². The summed E-state index contributed by atoms with van der Waals surface area (Å²) in [5.41, 5.74) is 1.78. The summed E-state index contributed by atoms with van der Waals surface area (Å²) in [6, 6.07) is 9.73. The quantitative estimate of drug-likeness (QED) is 0.937. The fourth-order valence-corrected chi connectivity index (χ4v) is 3.04. The van der Waals surface area contributed by atoms with Crippen LogP contribution in [-0.2, 0) is 6.54 Å². The summed E-state index contributed by atoms with van der Waals surface area (Å²) in [5, 5.41) is 20.5.